The molecule has 0 amide bonds. The number of sulfonamides is 1. The Morgan fingerprint density at radius 2 is 1.82 bits per heavy atom. The maximum atomic E-state index is 13.0. The van der Waals surface area contributed by atoms with Crippen molar-refractivity contribution in [1.82, 2.24) is 24.3 Å². The predicted molar refractivity (Wildman–Crippen MR) is 101 cm³/mol. The molecular formula is C18H17N5O4S. The van der Waals surface area contributed by atoms with Crippen molar-refractivity contribution in [3.8, 4) is 0 Å². The van der Waals surface area contributed by atoms with Crippen molar-refractivity contribution in [2.24, 2.45) is 7.05 Å². The summed E-state index contributed by atoms with van der Waals surface area (Å²) >= 11 is 0. The second-order valence-corrected chi connectivity index (χ2v) is 7.94. The van der Waals surface area contributed by atoms with E-state index in [1.54, 1.807) is 0 Å². The maximum Gasteiger partial charge on any atom is 0.419 e. The molecule has 0 saturated heterocycles. The molecule has 2 aromatic carbocycles. The molecule has 0 radical (unpaired) electrons. The van der Waals surface area contributed by atoms with Gasteiger partial charge in [-0.1, -0.05) is 30.3 Å². The van der Waals surface area contributed by atoms with Gasteiger partial charge in [0.2, 0.25) is 10.0 Å². The van der Waals surface area contributed by atoms with Crippen LogP contribution in [0.3, 0.4) is 0 Å². The van der Waals surface area contributed by atoms with Crippen LogP contribution in [0.25, 0.3) is 11.1 Å². The number of benzene rings is 2. The molecule has 144 valence electrons. The quantitative estimate of drug-likeness (QED) is 0.525. The van der Waals surface area contributed by atoms with Crippen LogP contribution in [0.4, 0.5) is 0 Å². The summed E-state index contributed by atoms with van der Waals surface area (Å²) in [7, 11) is -2.36. The fourth-order valence-corrected chi connectivity index (χ4v) is 4.16. The summed E-state index contributed by atoms with van der Waals surface area (Å²) in [5.41, 5.74) is 1.50. The Kier molecular flexibility index (Phi) is 4.57. The number of nitrogens with zero attached hydrogens (tertiary/aromatic N) is 4. The van der Waals surface area contributed by atoms with E-state index in [1.807, 2.05) is 30.3 Å². The number of hydrogen-bond acceptors (Lipinski definition) is 6. The third-order valence-electron chi connectivity index (χ3n) is 4.38. The molecule has 0 aliphatic heterocycles. The van der Waals surface area contributed by atoms with Crippen LogP contribution < -0.4 is 10.5 Å². The van der Waals surface area contributed by atoms with Gasteiger partial charge in [0, 0.05) is 7.05 Å². The van der Waals surface area contributed by atoms with Gasteiger partial charge in [-0.15, -0.1) is 0 Å². The SMILES string of the molecule is Cn1c(=O)oc2ccc(S(=O)(=O)NC(Cn3nccn3)c3ccccc3)cc21. The standard InChI is InChI=1S/C18H17N5O4S/c1-22-16-11-14(7-8-17(16)27-18(22)24)28(25,26)21-15(12-23-19-9-10-20-23)13-5-3-2-4-6-13/h2-11,15,21H,12H2,1H3. The minimum atomic E-state index is -3.89. The van der Waals surface area contributed by atoms with Gasteiger partial charge in [-0.05, 0) is 23.8 Å². The fraction of sp³-hybridized carbons (Fsp3) is 0.167. The lowest BCUT2D eigenvalue weighted by Crippen LogP contribution is -2.32. The van der Waals surface area contributed by atoms with Gasteiger partial charge in [0.05, 0.1) is 35.4 Å². The third kappa shape index (κ3) is 3.47. The summed E-state index contributed by atoms with van der Waals surface area (Å²) in [6, 6.07) is 12.9. The molecule has 1 atom stereocenters. The number of aromatic nitrogens is 4. The van der Waals surface area contributed by atoms with Gasteiger partial charge in [-0.3, -0.25) is 4.57 Å². The largest absolute Gasteiger partial charge is 0.419 e. The molecular weight excluding hydrogens is 382 g/mol. The molecule has 1 N–H and O–H groups in total. The minimum absolute atomic E-state index is 0.0331. The highest BCUT2D eigenvalue weighted by molar-refractivity contribution is 7.89. The Morgan fingerprint density at radius 1 is 1.11 bits per heavy atom. The zero-order valence-corrected chi connectivity index (χ0v) is 15.7. The van der Waals surface area contributed by atoms with E-state index in [0.29, 0.717) is 11.1 Å². The lowest BCUT2D eigenvalue weighted by atomic mass is 10.1. The van der Waals surface area contributed by atoms with Gasteiger partial charge in [0.25, 0.3) is 0 Å². The second-order valence-electron chi connectivity index (χ2n) is 6.23. The van der Waals surface area contributed by atoms with Gasteiger partial charge in [0.15, 0.2) is 5.58 Å². The second kappa shape index (κ2) is 7.06. The molecule has 2 aromatic heterocycles. The molecule has 2 heterocycles. The number of rotatable bonds is 6. The molecule has 0 aliphatic carbocycles. The summed E-state index contributed by atoms with van der Waals surface area (Å²) < 4.78 is 35.1. The molecule has 0 bridgehead atoms. The van der Waals surface area contributed by atoms with E-state index in [-0.39, 0.29) is 11.4 Å². The van der Waals surface area contributed by atoms with E-state index >= 15 is 0 Å². The van der Waals surface area contributed by atoms with E-state index in [1.165, 1.54) is 47.0 Å². The summed E-state index contributed by atoms with van der Waals surface area (Å²) in [6.07, 6.45) is 3.06. The first-order valence-corrected chi connectivity index (χ1v) is 9.93. The molecule has 0 spiro atoms. The minimum Gasteiger partial charge on any atom is -0.408 e. The van der Waals surface area contributed by atoms with Crippen molar-refractivity contribution < 1.29 is 12.8 Å². The molecule has 4 aromatic rings. The Morgan fingerprint density at radius 3 is 2.54 bits per heavy atom. The number of nitrogens with one attached hydrogen (secondary N) is 1. The average molecular weight is 399 g/mol. The van der Waals surface area contributed by atoms with Crippen LogP contribution in [-0.2, 0) is 23.6 Å². The fourth-order valence-electron chi connectivity index (χ4n) is 2.93. The van der Waals surface area contributed by atoms with Gasteiger partial charge in [-0.25, -0.2) is 17.9 Å². The van der Waals surface area contributed by atoms with Crippen molar-refractivity contribution in [3.63, 3.8) is 0 Å². The molecule has 0 aliphatic rings. The summed E-state index contributed by atoms with van der Waals surface area (Å²) in [4.78, 5) is 13.1. The van der Waals surface area contributed by atoms with Crippen LogP contribution in [0.15, 0.2) is 75.0 Å². The molecule has 9 nitrogen and oxygen atoms in total. The Hall–Kier alpha value is -3.24. The van der Waals surface area contributed by atoms with Crippen molar-refractivity contribution >= 4 is 21.1 Å². The zero-order valence-electron chi connectivity index (χ0n) is 14.9. The average Bonchev–Trinajstić information content (AvgIpc) is 3.30. The summed E-state index contributed by atoms with van der Waals surface area (Å²) in [5.74, 6) is -0.551. The molecule has 4 rings (SSSR count). The molecule has 1 unspecified atom stereocenters. The lowest BCUT2D eigenvalue weighted by molar-refractivity contribution is 0.444. The highest BCUT2D eigenvalue weighted by atomic mass is 32.2. The highest BCUT2D eigenvalue weighted by Gasteiger charge is 2.23. The lowest BCUT2D eigenvalue weighted by Gasteiger charge is -2.19. The first kappa shape index (κ1) is 18.1. The topological polar surface area (TPSA) is 112 Å². The van der Waals surface area contributed by atoms with Crippen molar-refractivity contribution in [1.29, 1.82) is 0 Å². The van der Waals surface area contributed by atoms with E-state index in [9.17, 15) is 13.2 Å². The van der Waals surface area contributed by atoms with Crippen LogP contribution in [0.5, 0.6) is 0 Å². The van der Waals surface area contributed by atoms with Crippen LogP contribution in [0, 0.1) is 0 Å². The Balaban J connectivity index is 1.70. The van der Waals surface area contributed by atoms with Crippen LogP contribution in [0.2, 0.25) is 0 Å². The highest BCUT2D eigenvalue weighted by Crippen LogP contribution is 2.22. The van der Waals surface area contributed by atoms with Gasteiger partial charge in [-0.2, -0.15) is 15.0 Å². The predicted octanol–water partition coefficient (Wildman–Crippen LogP) is 1.44. The van der Waals surface area contributed by atoms with Gasteiger partial charge < -0.3 is 4.42 Å². The Bertz CT molecular complexity index is 1260. The summed E-state index contributed by atoms with van der Waals surface area (Å²) in [5, 5.41) is 8.12. The van der Waals surface area contributed by atoms with Crippen molar-refractivity contribution in [3.05, 3.63) is 77.0 Å². The molecule has 28 heavy (non-hydrogen) atoms. The third-order valence-corrected chi connectivity index (χ3v) is 5.85. The zero-order chi connectivity index (χ0) is 19.7. The molecule has 0 fully saturated rings. The number of oxazole rings is 1. The summed E-state index contributed by atoms with van der Waals surface area (Å²) in [6.45, 7) is 0.225. The van der Waals surface area contributed by atoms with Crippen LogP contribution in [0.1, 0.15) is 11.6 Å². The maximum absolute atomic E-state index is 13.0. The number of hydrogen-bond donors (Lipinski definition) is 1. The van der Waals surface area contributed by atoms with Crippen molar-refractivity contribution in [2.45, 2.75) is 17.5 Å². The van der Waals surface area contributed by atoms with E-state index in [0.717, 1.165) is 5.56 Å². The van der Waals surface area contributed by atoms with Crippen LogP contribution in [-0.4, -0.2) is 28.0 Å². The smallest absolute Gasteiger partial charge is 0.408 e. The number of fused-ring (bicyclic) bond motifs is 1. The van der Waals surface area contributed by atoms with E-state index < -0.39 is 21.8 Å². The first-order valence-electron chi connectivity index (χ1n) is 8.45. The first-order chi connectivity index (χ1) is 13.4. The van der Waals surface area contributed by atoms with Crippen molar-refractivity contribution in [2.75, 3.05) is 0 Å². The van der Waals surface area contributed by atoms with Gasteiger partial charge >= 0.3 is 5.76 Å². The molecule has 0 saturated carbocycles. The monoisotopic (exact) mass is 399 g/mol. The Labute approximate surface area is 160 Å². The molecule has 10 heteroatoms. The van der Waals surface area contributed by atoms with E-state index in [4.69, 9.17) is 4.42 Å². The number of aryl methyl sites for hydroxylation is 1. The van der Waals surface area contributed by atoms with Gasteiger partial charge in [0.1, 0.15) is 0 Å². The normalized spacial score (nSPS) is 13.0. The van der Waals surface area contributed by atoms with E-state index in [2.05, 4.69) is 14.9 Å². The van der Waals surface area contributed by atoms with Crippen LogP contribution >= 0.6 is 0 Å².